The Morgan fingerprint density at radius 2 is 2.43 bits per heavy atom. The zero-order valence-electron chi connectivity index (χ0n) is 8.40. The summed E-state index contributed by atoms with van der Waals surface area (Å²) in [6.07, 6.45) is 5.05. The first-order chi connectivity index (χ1) is 6.79. The third-order valence-electron chi connectivity index (χ3n) is 2.92. The summed E-state index contributed by atoms with van der Waals surface area (Å²) in [6, 6.07) is 1.97. The van der Waals surface area contributed by atoms with Crippen molar-refractivity contribution in [2.45, 2.75) is 19.3 Å². The first-order valence-corrected chi connectivity index (χ1v) is 5.92. The van der Waals surface area contributed by atoms with Crippen LogP contribution in [0.15, 0.2) is 11.4 Å². The molecule has 1 heterocycles. The first kappa shape index (κ1) is 9.71. The maximum Gasteiger partial charge on any atom is 0.160 e. The Kier molecular flexibility index (Phi) is 2.87. The monoisotopic (exact) mass is 209 g/mol. The van der Waals surface area contributed by atoms with E-state index in [1.54, 1.807) is 0 Å². The molecule has 0 bridgehead atoms. The second kappa shape index (κ2) is 4.13. The molecule has 2 rings (SSSR count). The van der Waals surface area contributed by atoms with Gasteiger partial charge in [0.2, 0.25) is 0 Å². The molecule has 0 unspecified atom stereocenters. The van der Waals surface area contributed by atoms with Gasteiger partial charge in [0.05, 0.1) is 4.88 Å². The molecule has 14 heavy (non-hydrogen) atoms. The van der Waals surface area contributed by atoms with Crippen molar-refractivity contribution in [2.24, 2.45) is 5.92 Å². The molecule has 0 aliphatic heterocycles. The van der Waals surface area contributed by atoms with Crippen LogP contribution in [-0.2, 0) is 0 Å². The fourth-order valence-electron chi connectivity index (χ4n) is 1.77. The minimum Gasteiger partial charge on any atom is -0.374 e. The van der Waals surface area contributed by atoms with Gasteiger partial charge in [0.1, 0.15) is 0 Å². The van der Waals surface area contributed by atoms with E-state index in [0.29, 0.717) is 0 Å². The Morgan fingerprint density at radius 3 is 2.93 bits per heavy atom. The number of hydrogen-bond acceptors (Lipinski definition) is 3. The number of rotatable bonds is 4. The Balaban J connectivity index is 1.95. The summed E-state index contributed by atoms with van der Waals surface area (Å²) in [6.45, 7) is 1.13. The zero-order chi connectivity index (χ0) is 9.97. The van der Waals surface area contributed by atoms with Crippen LogP contribution in [0.5, 0.6) is 0 Å². The summed E-state index contributed by atoms with van der Waals surface area (Å²) >= 11 is 1.52. The van der Waals surface area contributed by atoms with Crippen LogP contribution < -0.4 is 4.90 Å². The molecule has 1 aromatic rings. The normalized spacial score (nSPS) is 16.4. The smallest absolute Gasteiger partial charge is 0.160 e. The number of carbonyl (C=O) groups excluding carboxylic acids is 1. The summed E-state index contributed by atoms with van der Waals surface area (Å²) in [4.78, 5) is 13.6. The molecule has 0 radical (unpaired) electrons. The van der Waals surface area contributed by atoms with E-state index < -0.39 is 0 Å². The van der Waals surface area contributed by atoms with E-state index in [4.69, 9.17) is 0 Å². The number of nitrogens with zero attached hydrogens (tertiary/aromatic N) is 1. The van der Waals surface area contributed by atoms with Crippen molar-refractivity contribution in [3.63, 3.8) is 0 Å². The quantitative estimate of drug-likeness (QED) is 0.711. The van der Waals surface area contributed by atoms with Crippen LogP contribution in [0.4, 0.5) is 5.69 Å². The van der Waals surface area contributed by atoms with Gasteiger partial charge in [-0.2, -0.15) is 0 Å². The molecule has 3 heteroatoms. The zero-order valence-corrected chi connectivity index (χ0v) is 9.22. The van der Waals surface area contributed by atoms with Crippen LogP contribution >= 0.6 is 11.3 Å². The van der Waals surface area contributed by atoms with Crippen molar-refractivity contribution in [1.29, 1.82) is 0 Å². The number of hydrogen-bond donors (Lipinski definition) is 0. The highest BCUT2D eigenvalue weighted by Gasteiger charge is 2.19. The van der Waals surface area contributed by atoms with Gasteiger partial charge < -0.3 is 4.90 Å². The van der Waals surface area contributed by atoms with Crippen LogP contribution in [0.2, 0.25) is 0 Å². The van der Waals surface area contributed by atoms with Crippen molar-refractivity contribution < 1.29 is 4.79 Å². The lowest BCUT2D eigenvalue weighted by molar-refractivity contribution is 0.112. The van der Waals surface area contributed by atoms with Gasteiger partial charge in [0.15, 0.2) is 6.29 Å². The SMILES string of the molecule is CN(CC1CCC1)c1csc(C=O)c1. The van der Waals surface area contributed by atoms with Crippen molar-refractivity contribution in [3.8, 4) is 0 Å². The van der Waals surface area contributed by atoms with E-state index in [2.05, 4.69) is 17.3 Å². The fraction of sp³-hybridized carbons (Fsp3) is 0.545. The molecule has 1 saturated carbocycles. The summed E-state index contributed by atoms with van der Waals surface area (Å²) in [5.74, 6) is 0.875. The standard InChI is InChI=1S/C11H15NOS/c1-12(6-9-3-2-4-9)10-5-11(7-13)14-8-10/h5,7-9H,2-4,6H2,1H3. The molecular weight excluding hydrogens is 194 g/mol. The average Bonchev–Trinajstić information content (AvgIpc) is 2.59. The second-order valence-electron chi connectivity index (χ2n) is 4.00. The number of anilines is 1. The minimum absolute atomic E-state index is 0.820. The number of carbonyl (C=O) groups is 1. The topological polar surface area (TPSA) is 20.3 Å². The molecule has 76 valence electrons. The van der Waals surface area contributed by atoms with Crippen LogP contribution in [0.1, 0.15) is 28.9 Å². The Bertz CT molecular complexity index is 317. The predicted octanol–water partition coefficient (Wildman–Crippen LogP) is 2.80. The molecule has 0 amide bonds. The highest BCUT2D eigenvalue weighted by atomic mass is 32.1. The lowest BCUT2D eigenvalue weighted by Gasteiger charge is -2.30. The van der Waals surface area contributed by atoms with Gasteiger partial charge in [-0.25, -0.2) is 0 Å². The van der Waals surface area contributed by atoms with Gasteiger partial charge in [-0.3, -0.25) is 4.79 Å². The summed E-state index contributed by atoms with van der Waals surface area (Å²) < 4.78 is 0. The van der Waals surface area contributed by atoms with Crippen LogP contribution in [0.25, 0.3) is 0 Å². The molecule has 1 aliphatic rings. The van der Waals surface area contributed by atoms with Crippen LogP contribution in [0.3, 0.4) is 0 Å². The third kappa shape index (κ3) is 1.98. The van der Waals surface area contributed by atoms with Gasteiger partial charge in [-0.15, -0.1) is 11.3 Å². The van der Waals surface area contributed by atoms with Crippen molar-refractivity contribution in [3.05, 3.63) is 16.3 Å². The molecule has 0 N–H and O–H groups in total. The van der Waals surface area contributed by atoms with Crippen LogP contribution in [0, 0.1) is 5.92 Å². The van der Waals surface area contributed by atoms with Gasteiger partial charge in [-0.05, 0) is 24.8 Å². The van der Waals surface area contributed by atoms with Crippen molar-refractivity contribution >= 4 is 23.3 Å². The Morgan fingerprint density at radius 1 is 1.64 bits per heavy atom. The molecule has 0 spiro atoms. The lowest BCUT2D eigenvalue weighted by atomic mass is 9.85. The summed E-state index contributed by atoms with van der Waals surface area (Å²) in [5.41, 5.74) is 1.18. The second-order valence-corrected chi connectivity index (χ2v) is 4.95. The van der Waals surface area contributed by atoms with E-state index in [1.165, 1.54) is 36.3 Å². The predicted molar refractivity (Wildman–Crippen MR) is 60.3 cm³/mol. The molecule has 1 aliphatic carbocycles. The summed E-state index contributed by atoms with van der Waals surface area (Å²) in [7, 11) is 2.11. The molecule has 0 atom stereocenters. The molecule has 1 aromatic heterocycles. The average molecular weight is 209 g/mol. The van der Waals surface area contributed by atoms with Gasteiger partial charge in [0.25, 0.3) is 0 Å². The molecule has 0 saturated heterocycles. The molecule has 0 aromatic carbocycles. The molecular formula is C11H15NOS. The first-order valence-electron chi connectivity index (χ1n) is 5.04. The Hall–Kier alpha value is -0.830. The fourth-order valence-corrected chi connectivity index (χ4v) is 2.52. The van der Waals surface area contributed by atoms with Crippen molar-refractivity contribution in [2.75, 3.05) is 18.5 Å². The van der Waals surface area contributed by atoms with E-state index >= 15 is 0 Å². The maximum absolute atomic E-state index is 10.5. The third-order valence-corrected chi connectivity index (χ3v) is 3.77. The number of thiophene rings is 1. The minimum atomic E-state index is 0.820. The summed E-state index contributed by atoms with van der Waals surface area (Å²) in [5, 5.41) is 2.06. The Labute approximate surface area is 88.5 Å². The van der Waals surface area contributed by atoms with Gasteiger partial charge in [0, 0.05) is 24.7 Å². The highest BCUT2D eigenvalue weighted by molar-refractivity contribution is 7.12. The highest BCUT2D eigenvalue weighted by Crippen LogP contribution is 2.29. The molecule has 1 fully saturated rings. The number of aldehydes is 1. The van der Waals surface area contributed by atoms with E-state index in [9.17, 15) is 4.79 Å². The van der Waals surface area contributed by atoms with Gasteiger partial charge in [-0.1, -0.05) is 6.42 Å². The van der Waals surface area contributed by atoms with Crippen molar-refractivity contribution in [1.82, 2.24) is 0 Å². The van der Waals surface area contributed by atoms with Crippen LogP contribution in [-0.4, -0.2) is 19.9 Å². The lowest BCUT2D eigenvalue weighted by Crippen LogP contribution is -2.28. The molecule has 2 nitrogen and oxygen atoms in total. The van der Waals surface area contributed by atoms with Gasteiger partial charge >= 0.3 is 0 Å². The van der Waals surface area contributed by atoms with E-state index in [0.717, 1.165) is 23.6 Å². The maximum atomic E-state index is 10.5. The largest absolute Gasteiger partial charge is 0.374 e. The van der Waals surface area contributed by atoms with E-state index in [-0.39, 0.29) is 0 Å². The van der Waals surface area contributed by atoms with E-state index in [1.807, 2.05) is 6.07 Å².